The number of carbonyl (C=O) groups is 1. The number of anilines is 2. The van der Waals surface area contributed by atoms with Gasteiger partial charge in [-0.3, -0.25) is 4.79 Å². The van der Waals surface area contributed by atoms with Crippen molar-refractivity contribution in [2.75, 3.05) is 36.5 Å². The molecule has 0 bridgehead atoms. The molecule has 2 aromatic heterocycles. The Hall–Kier alpha value is -3.39. The van der Waals surface area contributed by atoms with Gasteiger partial charge in [0.2, 0.25) is 0 Å². The Balaban J connectivity index is 1.58. The number of hydrogen-bond donors (Lipinski definition) is 1. The molecule has 0 atom stereocenters. The van der Waals surface area contributed by atoms with Gasteiger partial charge in [-0.1, -0.05) is 19.9 Å². The third kappa shape index (κ3) is 4.86. The van der Waals surface area contributed by atoms with E-state index in [1.165, 1.54) is 0 Å². The predicted molar refractivity (Wildman–Crippen MR) is 119 cm³/mol. The highest BCUT2D eigenvalue weighted by Crippen LogP contribution is 2.27. The van der Waals surface area contributed by atoms with Gasteiger partial charge in [-0.05, 0) is 42.2 Å². The van der Waals surface area contributed by atoms with Crippen molar-refractivity contribution in [1.82, 2.24) is 20.2 Å². The number of nitrogens with one attached hydrogen (secondary N) is 1. The Morgan fingerprint density at radius 1 is 1.13 bits per heavy atom. The van der Waals surface area contributed by atoms with Gasteiger partial charge in [0.1, 0.15) is 12.1 Å². The molecular weight excluding hydrogens is 392 g/mol. The van der Waals surface area contributed by atoms with E-state index in [4.69, 9.17) is 4.74 Å². The lowest BCUT2D eigenvalue weighted by atomic mass is 10.0. The monoisotopic (exact) mass is 418 g/mol. The summed E-state index contributed by atoms with van der Waals surface area (Å²) in [7, 11) is 0. The maximum Gasteiger partial charge on any atom is 0.276 e. The second-order valence-corrected chi connectivity index (χ2v) is 7.87. The van der Waals surface area contributed by atoms with Gasteiger partial charge in [0.05, 0.1) is 25.1 Å². The summed E-state index contributed by atoms with van der Waals surface area (Å²) in [5, 5.41) is 10.9. The Morgan fingerprint density at radius 2 is 1.94 bits per heavy atom. The highest BCUT2D eigenvalue weighted by Gasteiger charge is 2.16. The number of nitrogens with zero attached hydrogens (tertiary/aromatic N) is 5. The van der Waals surface area contributed by atoms with E-state index in [1.54, 1.807) is 18.6 Å². The van der Waals surface area contributed by atoms with Crippen LogP contribution in [0, 0.1) is 6.92 Å². The molecule has 8 nitrogen and oxygen atoms in total. The van der Waals surface area contributed by atoms with Crippen molar-refractivity contribution >= 4 is 17.4 Å². The smallest absolute Gasteiger partial charge is 0.276 e. The summed E-state index contributed by atoms with van der Waals surface area (Å²) in [6.07, 6.45) is 3.27. The average molecular weight is 419 g/mol. The van der Waals surface area contributed by atoms with Gasteiger partial charge in [0, 0.05) is 30.4 Å². The maximum absolute atomic E-state index is 12.7. The van der Waals surface area contributed by atoms with E-state index in [-0.39, 0.29) is 11.8 Å². The normalized spacial score (nSPS) is 14.0. The fraction of sp³-hybridized carbons (Fsp3) is 0.348. The summed E-state index contributed by atoms with van der Waals surface area (Å²) in [4.78, 5) is 23.8. The van der Waals surface area contributed by atoms with Crippen LogP contribution in [0.4, 0.5) is 11.5 Å². The lowest BCUT2D eigenvalue weighted by molar-refractivity contribution is 0.102. The molecule has 0 saturated carbocycles. The largest absolute Gasteiger partial charge is 0.378 e. The minimum absolute atomic E-state index is 0.270. The first-order chi connectivity index (χ1) is 15.0. The van der Waals surface area contributed by atoms with Crippen molar-refractivity contribution in [1.29, 1.82) is 0 Å². The highest BCUT2D eigenvalue weighted by molar-refractivity contribution is 6.03. The average Bonchev–Trinajstić information content (AvgIpc) is 2.81. The molecule has 1 amide bonds. The van der Waals surface area contributed by atoms with Crippen molar-refractivity contribution in [3.8, 4) is 11.3 Å². The molecule has 0 radical (unpaired) electrons. The summed E-state index contributed by atoms with van der Waals surface area (Å²) < 4.78 is 5.43. The summed E-state index contributed by atoms with van der Waals surface area (Å²) in [6.45, 7) is 9.14. The van der Waals surface area contributed by atoms with Crippen LogP contribution in [0.1, 0.15) is 41.4 Å². The zero-order valence-electron chi connectivity index (χ0n) is 18.0. The molecule has 1 saturated heterocycles. The standard InChI is InChI=1S/C23H26N6O2/c1-15(2)17-10-21(28-26-13-17)23(30)27-18-5-4-16(3)19(11-18)20-12-22(25-14-24-20)29-6-8-31-9-7-29/h4-5,10-15H,6-9H2,1-3H3,(H,27,30). The van der Waals surface area contributed by atoms with Crippen LogP contribution in [-0.4, -0.2) is 52.4 Å². The number of benzene rings is 1. The Bertz CT molecular complexity index is 1080. The quantitative estimate of drug-likeness (QED) is 0.678. The molecule has 1 aliphatic heterocycles. The first-order valence-corrected chi connectivity index (χ1v) is 10.4. The second-order valence-electron chi connectivity index (χ2n) is 7.87. The number of aryl methyl sites for hydroxylation is 1. The summed E-state index contributed by atoms with van der Waals surface area (Å²) in [5.74, 6) is 0.857. The number of aromatic nitrogens is 4. The van der Waals surface area contributed by atoms with Crippen molar-refractivity contribution in [2.24, 2.45) is 0 Å². The minimum Gasteiger partial charge on any atom is -0.378 e. The first-order valence-electron chi connectivity index (χ1n) is 10.4. The van der Waals surface area contributed by atoms with Crippen LogP contribution in [0.25, 0.3) is 11.3 Å². The topological polar surface area (TPSA) is 93.1 Å². The van der Waals surface area contributed by atoms with Crippen molar-refractivity contribution in [3.05, 3.63) is 59.7 Å². The molecule has 1 aromatic carbocycles. The van der Waals surface area contributed by atoms with E-state index in [2.05, 4.69) is 44.2 Å². The molecule has 0 aliphatic carbocycles. The molecule has 1 fully saturated rings. The predicted octanol–water partition coefficient (Wildman–Crippen LogP) is 3.45. The third-order valence-electron chi connectivity index (χ3n) is 5.33. The summed E-state index contributed by atoms with van der Waals surface area (Å²) in [6, 6.07) is 9.54. The Kier molecular flexibility index (Phi) is 6.18. The number of carbonyl (C=O) groups excluding carboxylic acids is 1. The number of hydrogen-bond acceptors (Lipinski definition) is 7. The SMILES string of the molecule is Cc1ccc(NC(=O)c2cc(C(C)C)cnn2)cc1-c1cc(N2CCOCC2)ncn1. The van der Waals surface area contributed by atoms with Crippen LogP contribution >= 0.6 is 0 Å². The molecule has 3 heterocycles. The molecule has 0 unspecified atom stereocenters. The van der Waals surface area contributed by atoms with Crippen molar-refractivity contribution in [3.63, 3.8) is 0 Å². The highest BCUT2D eigenvalue weighted by atomic mass is 16.5. The van der Waals surface area contributed by atoms with Crippen LogP contribution in [0.5, 0.6) is 0 Å². The van der Waals surface area contributed by atoms with Gasteiger partial charge < -0.3 is 15.0 Å². The maximum atomic E-state index is 12.7. The Labute approximate surface area is 181 Å². The van der Waals surface area contributed by atoms with E-state index < -0.39 is 0 Å². The van der Waals surface area contributed by atoms with Gasteiger partial charge in [0.25, 0.3) is 5.91 Å². The second kappa shape index (κ2) is 9.18. The molecule has 8 heteroatoms. The van der Waals surface area contributed by atoms with Gasteiger partial charge >= 0.3 is 0 Å². The van der Waals surface area contributed by atoms with Crippen LogP contribution in [0.3, 0.4) is 0 Å². The van der Waals surface area contributed by atoms with Gasteiger partial charge in [-0.25, -0.2) is 9.97 Å². The van der Waals surface area contributed by atoms with Crippen LogP contribution in [0.2, 0.25) is 0 Å². The van der Waals surface area contributed by atoms with Gasteiger partial charge in [-0.15, -0.1) is 5.10 Å². The van der Waals surface area contributed by atoms with Crippen molar-refractivity contribution < 1.29 is 9.53 Å². The number of rotatable bonds is 5. The summed E-state index contributed by atoms with van der Waals surface area (Å²) in [5.41, 5.74) is 4.76. The molecule has 0 spiro atoms. The fourth-order valence-corrected chi connectivity index (χ4v) is 3.44. The zero-order valence-corrected chi connectivity index (χ0v) is 18.0. The minimum atomic E-state index is -0.290. The molecule has 160 valence electrons. The lowest BCUT2D eigenvalue weighted by Gasteiger charge is -2.27. The van der Waals surface area contributed by atoms with E-state index >= 15 is 0 Å². The van der Waals surface area contributed by atoms with Crippen LogP contribution in [-0.2, 0) is 4.74 Å². The number of amides is 1. The van der Waals surface area contributed by atoms with E-state index in [0.29, 0.717) is 24.6 Å². The van der Waals surface area contributed by atoms with E-state index in [0.717, 1.165) is 41.3 Å². The molecule has 4 rings (SSSR count). The van der Waals surface area contributed by atoms with Crippen LogP contribution < -0.4 is 10.2 Å². The third-order valence-corrected chi connectivity index (χ3v) is 5.33. The molecule has 1 N–H and O–H groups in total. The van der Waals surface area contributed by atoms with E-state index in [1.807, 2.05) is 31.2 Å². The molecule has 31 heavy (non-hydrogen) atoms. The fourth-order valence-electron chi connectivity index (χ4n) is 3.44. The van der Waals surface area contributed by atoms with E-state index in [9.17, 15) is 4.79 Å². The van der Waals surface area contributed by atoms with Gasteiger partial charge in [-0.2, -0.15) is 5.10 Å². The zero-order chi connectivity index (χ0) is 21.8. The number of ether oxygens (including phenoxy) is 1. The Morgan fingerprint density at radius 3 is 2.71 bits per heavy atom. The first kappa shape index (κ1) is 20.9. The molecule has 1 aliphatic rings. The van der Waals surface area contributed by atoms with Gasteiger partial charge in [0.15, 0.2) is 5.69 Å². The molecule has 3 aromatic rings. The molecular formula is C23H26N6O2. The summed E-state index contributed by atoms with van der Waals surface area (Å²) >= 11 is 0. The van der Waals surface area contributed by atoms with Crippen LogP contribution in [0.15, 0.2) is 42.9 Å². The van der Waals surface area contributed by atoms with Crippen molar-refractivity contribution in [2.45, 2.75) is 26.7 Å². The lowest BCUT2D eigenvalue weighted by Crippen LogP contribution is -2.36. The number of morpholine rings is 1.